The van der Waals surface area contributed by atoms with Crippen molar-refractivity contribution in [2.24, 2.45) is 5.92 Å². The molecule has 0 unspecified atom stereocenters. The number of hydrogen-bond donors (Lipinski definition) is 3. The van der Waals surface area contributed by atoms with E-state index in [2.05, 4.69) is 75.1 Å². The lowest BCUT2D eigenvalue weighted by molar-refractivity contribution is -0.135. The Morgan fingerprint density at radius 1 is 0.891 bits per heavy atom. The van der Waals surface area contributed by atoms with E-state index in [9.17, 15) is 14.4 Å². The van der Waals surface area contributed by atoms with Crippen LogP contribution in [0.25, 0.3) is 22.4 Å². The van der Waals surface area contributed by atoms with Crippen LogP contribution in [0.1, 0.15) is 101 Å². The number of aryl methyl sites for hydroxylation is 1. The van der Waals surface area contributed by atoms with E-state index >= 15 is 0 Å². The number of methoxy groups -OCH3 is 1. The standard InChI is InChI=1S/C43H49N7O5/c1-27(2)37(48-41(52)54-7)40(51)49-21-11-17-35(49)39-45-26-34(47-39)31-20-19-29(33(24-31)30-15-10-13-28(3)23-30)14-8-9-16-32-25-44-38(46-32)36-18-12-22-50(36)42(53)55-43(4,5)6/h10,13,15,19-20,23-27,35-37H,11-12,17-18,21-22H2,1-7H3,(H,44,46)(H,45,47)(H,48,52)/t35-,36-,37-/m0/s1. The van der Waals surface area contributed by atoms with Crippen molar-refractivity contribution in [2.45, 2.75) is 91.0 Å². The Hall–Kier alpha value is -6.01. The van der Waals surface area contributed by atoms with E-state index in [0.29, 0.717) is 30.4 Å². The number of nitrogens with zero attached hydrogens (tertiary/aromatic N) is 4. The number of imidazole rings is 2. The summed E-state index contributed by atoms with van der Waals surface area (Å²) >= 11 is 0. The van der Waals surface area contributed by atoms with Gasteiger partial charge in [-0.25, -0.2) is 19.6 Å². The number of aromatic amines is 2. The zero-order chi connectivity index (χ0) is 39.3. The van der Waals surface area contributed by atoms with E-state index < -0.39 is 17.7 Å². The Labute approximate surface area is 322 Å². The molecule has 3 N–H and O–H groups in total. The minimum absolute atomic E-state index is 0.119. The number of H-pyrrole nitrogens is 2. The molecule has 286 valence electrons. The summed E-state index contributed by atoms with van der Waals surface area (Å²) < 4.78 is 10.4. The third kappa shape index (κ3) is 9.21. The van der Waals surface area contributed by atoms with Gasteiger partial charge in [-0.05, 0) is 100 Å². The highest BCUT2D eigenvalue weighted by molar-refractivity contribution is 5.86. The molecular formula is C43H49N7O5. The Bertz CT molecular complexity index is 2170. The average molecular weight is 744 g/mol. The van der Waals surface area contributed by atoms with Gasteiger partial charge in [0.1, 0.15) is 29.0 Å². The molecule has 12 nitrogen and oxygen atoms in total. The zero-order valence-corrected chi connectivity index (χ0v) is 32.6. The van der Waals surface area contributed by atoms with Crippen LogP contribution >= 0.6 is 0 Å². The maximum Gasteiger partial charge on any atom is 0.410 e. The van der Waals surface area contributed by atoms with Gasteiger partial charge < -0.3 is 29.7 Å². The lowest BCUT2D eigenvalue weighted by atomic mass is 9.95. The van der Waals surface area contributed by atoms with Crippen LogP contribution in [0.4, 0.5) is 9.59 Å². The molecule has 6 rings (SSSR count). The summed E-state index contributed by atoms with van der Waals surface area (Å²) in [6, 6.07) is 13.2. The maximum atomic E-state index is 13.7. The van der Waals surface area contributed by atoms with Crippen LogP contribution < -0.4 is 5.32 Å². The van der Waals surface area contributed by atoms with Crippen molar-refractivity contribution in [3.05, 3.63) is 83.3 Å². The molecule has 0 radical (unpaired) electrons. The van der Waals surface area contributed by atoms with Crippen LogP contribution in [-0.2, 0) is 14.3 Å². The number of carbonyl (C=O) groups excluding carboxylic acids is 3. The largest absolute Gasteiger partial charge is 0.453 e. The van der Waals surface area contributed by atoms with Gasteiger partial charge in [-0.2, -0.15) is 0 Å². The first-order valence-electron chi connectivity index (χ1n) is 18.8. The predicted octanol–water partition coefficient (Wildman–Crippen LogP) is 7.29. The second-order valence-corrected chi connectivity index (χ2v) is 15.4. The van der Waals surface area contributed by atoms with Crippen LogP contribution in [0, 0.1) is 36.5 Å². The summed E-state index contributed by atoms with van der Waals surface area (Å²) in [5.74, 6) is 13.4. The van der Waals surface area contributed by atoms with Gasteiger partial charge in [0.05, 0.1) is 37.3 Å². The van der Waals surface area contributed by atoms with Gasteiger partial charge in [0.2, 0.25) is 5.91 Å². The van der Waals surface area contributed by atoms with Crippen molar-refractivity contribution in [3.63, 3.8) is 0 Å². The summed E-state index contributed by atoms with van der Waals surface area (Å²) in [6.45, 7) is 12.6. The van der Waals surface area contributed by atoms with Crippen molar-refractivity contribution >= 4 is 18.1 Å². The molecule has 0 aliphatic carbocycles. The number of rotatable bonds is 7. The number of amides is 3. The zero-order valence-electron chi connectivity index (χ0n) is 32.6. The molecule has 4 heterocycles. The van der Waals surface area contributed by atoms with Gasteiger partial charge >= 0.3 is 12.2 Å². The van der Waals surface area contributed by atoms with E-state index in [4.69, 9.17) is 14.5 Å². The number of hydrogen-bond acceptors (Lipinski definition) is 7. The molecule has 2 aliphatic rings. The van der Waals surface area contributed by atoms with E-state index in [-0.39, 0.29) is 30.0 Å². The quantitative estimate of drug-likeness (QED) is 0.169. The highest BCUT2D eigenvalue weighted by Gasteiger charge is 2.38. The fourth-order valence-electron chi connectivity index (χ4n) is 7.07. The fraction of sp³-hybridized carbons (Fsp3) is 0.419. The number of ether oxygens (including phenoxy) is 2. The van der Waals surface area contributed by atoms with E-state index in [1.807, 2.05) is 52.8 Å². The maximum absolute atomic E-state index is 13.7. The molecule has 4 aromatic rings. The van der Waals surface area contributed by atoms with Crippen molar-refractivity contribution in [1.82, 2.24) is 35.1 Å². The van der Waals surface area contributed by atoms with E-state index in [0.717, 1.165) is 59.2 Å². The number of alkyl carbamates (subject to hydrolysis) is 1. The molecular weight excluding hydrogens is 695 g/mol. The normalized spacial score (nSPS) is 17.2. The average Bonchev–Trinajstić information content (AvgIpc) is 3.98. The minimum atomic E-state index is -0.705. The van der Waals surface area contributed by atoms with Crippen LogP contribution in [0.2, 0.25) is 0 Å². The summed E-state index contributed by atoms with van der Waals surface area (Å²) in [5.41, 5.74) is 5.70. The van der Waals surface area contributed by atoms with Gasteiger partial charge in [-0.3, -0.25) is 9.69 Å². The van der Waals surface area contributed by atoms with Crippen LogP contribution in [0.5, 0.6) is 0 Å². The van der Waals surface area contributed by atoms with Gasteiger partial charge in [0.15, 0.2) is 0 Å². The number of aromatic nitrogens is 4. The lowest BCUT2D eigenvalue weighted by Crippen LogP contribution is -2.51. The Balaban J connectivity index is 1.22. The Morgan fingerprint density at radius 3 is 2.29 bits per heavy atom. The topological polar surface area (TPSA) is 146 Å². The first-order chi connectivity index (χ1) is 26.3. The molecule has 2 aliphatic heterocycles. The van der Waals surface area contributed by atoms with Crippen molar-refractivity contribution in [3.8, 4) is 46.1 Å². The van der Waals surface area contributed by atoms with Gasteiger partial charge in [0, 0.05) is 24.2 Å². The highest BCUT2D eigenvalue weighted by atomic mass is 16.6. The molecule has 0 saturated carbocycles. The third-order valence-corrected chi connectivity index (χ3v) is 9.75. The molecule has 2 aromatic heterocycles. The molecule has 0 bridgehead atoms. The Kier molecular flexibility index (Phi) is 11.7. The first kappa shape index (κ1) is 38.7. The smallest absolute Gasteiger partial charge is 0.410 e. The molecule has 2 fully saturated rings. The number of benzene rings is 2. The number of likely N-dealkylation sites (tertiary alicyclic amines) is 2. The van der Waals surface area contributed by atoms with Crippen LogP contribution in [0.15, 0.2) is 54.9 Å². The van der Waals surface area contributed by atoms with Crippen molar-refractivity contribution in [1.29, 1.82) is 0 Å². The highest BCUT2D eigenvalue weighted by Crippen LogP contribution is 2.35. The summed E-state index contributed by atoms with van der Waals surface area (Å²) in [5, 5.41) is 2.70. The lowest BCUT2D eigenvalue weighted by Gasteiger charge is -2.30. The third-order valence-electron chi connectivity index (χ3n) is 9.75. The number of carbonyl (C=O) groups is 3. The monoisotopic (exact) mass is 743 g/mol. The second-order valence-electron chi connectivity index (χ2n) is 15.4. The summed E-state index contributed by atoms with van der Waals surface area (Å²) in [6.07, 6.45) is 5.76. The van der Waals surface area contributed by atoms with Gasteiger partial charge in [0.25, 0.3) is 0 Å². The Morgan fingerprint density at radius 2 is 1.58 bits per heavy atom. The fourth-order valence-corrected chi connectivity index (χ4v) is 7.07. The van der Waals surface area contributed by atoms with Gasteiger partial charge in [-0.1, -0.05) is 55.7 Å². The second kappa shape index (κ2) is 16.6. The van der Waals surface area contributed by atoms with E-state index in [1.165, 1.54) is 7.11 Å². The SMILES string of the molecule is COC(=O)N[C@H](C(=O)N1CCC[C@H]1c1ncc(-c2ccc(C#CC#Cc3cnc([C@@H]4CCCN4C(=O)OC(C)(C)C)[nH]3)c(-c3cccc(C)c3)c2)[nH]1)C(C)C. The van der Waals surface area contributed by atoms with Crippen molar-refractivity contribution in [2.75, 3.05) is 20.2 Å². The van der Waals surface area contributed by atoms with E-state index in [1.54, 1.807) is 22.2 Å². The molecule has 0 spiro atoms. The van der Waals surface area contributed by atoms with Crippen molar-refractivity contribution < 1.29 is 23.9 Å². The summed E-state index contributed by atoms with van der Waals surface area (Å²) in [7, 11) is 1.29. The van der Waals surface area contributed by atoms with Gasteiger partial charge in [-0.15, -0.1) is 0 Å². The first-order valence-corrected chi connectivity index (χ1v) is 18.8. The number of nitrogens with one attached hydrogen (secondary N) is 3. The molecule has 3 amide bonds. The molecule has 3 atom stereocenters. The minimum Gasteiger partial charge on any atom is -0.453 e. The van der Waals surface area contributed by atoms with Crippen LogP contribution in [0.3, 0.4) is 0 Å². The predicted molar refractivity (Wildman–Crippen MR) is 209 cm³/mol. The summed E-state index contributed by atoms with van der Waals surface area (Å²) in [4.78, 5) is 58.0. The molecule has 2 aromatic carbocycles. The van der Waals surface area contributed by atoms with Crippen LogP contribution in [-0.4, -0.2) is 79.7 Å². The molecule has 55 heavy (non-hydrogen) atoms. The molecule has 2 saturated heterocycles. The molecule has 12 heteroatoms.